The van der Waals surface area contributed by atoms with Gasteiger partial charge in [-0.15, -0.1) is 0 Å². The number of unbranched alkanes of at least 4 members (excludes halogenated alkanes) is 12. The Balaban J connectivity index is 3.69. The number of carbonyl (C=O) groups excluding carboxylic acids is 3. The number of hydrogen-bond donors (Lipinski definition) is 3. The van der Waals surface area contributed by atoms with Gasteiger partial charge in [-0.1, -0.05) is 64.2 Å². The number of aldehydes is 1. The maximum absolute atomic E-state index is 12.1. The number of amides is 2. The summed E-state index contributed by atoms with van der Waals surface area (Å²) in [5.41, 5.74) is 0. The molecule has 0 aliphatic heterocycles. The molecule has 0 aromatic carbocycles. The Morgan fingerprint density at radius 3 is 1.86 bits per heavy atom. The average Bonchev–Trinajstić information content (AvgIpc) is 2.86. The van der Waals surface area contributed by atoms with Crippen LogP contribution in [0.3, 0.4) is 0 Å². The minimum absolute atomic E-state index is 0.0242. The van der Waals surface area contributed by atoms with E-state index in [2.05, 4.69) is 10.6 Å². The fourth-order valence-electron chi connectivity index (χ4n) is 3.80. The molecule has 0 aliphatic rings. The second-order valence-electron chi connectivity index (χ2n) is 9.10. The van der Waals surface area contributed by atoms with Gasteiger partial charge in [0.1, 0.15) is 12.3 Å². The molecule has 2 amide bonds. The van der Waals surface area contributed by atoms with Crippen LogP contribution in [-0.4, -0.2) is 68.2 Å². The third-order valence-corrected chi connectivity index (χ3v) is 5.91. The highest BCUT2D eigenvalue weighted by Gasteiger charge is 2.20. The van der Waals surface area contributed by atoms with Crippen molar-refractivity contribution in [3.63, 3.8) is 0 Å². The molecule has 36 heavy (non-hydrogen) atoms. The summed E-state index contributed by atoms with van der Waals surface area (Å²) < 4.78 is 10.4. The molecule has 1 atom stereocenters. The Kier molecular flexibility index (Phi) is 24.6. The van der Waals surface area contributed by atoms with Gasteiger partial charge in [0.05, 0.1) is 19.8 Å². The molecule has 0 fully saturated rings. The third-order valence-electron chi connectivity index (χ3n) is 5.91. The highest BCUT2D eigenvalue weighted by molar-refractivity contribution is 5.84. The summed E-state index contributed by atoms with van der Waals surface area (Å²) in [6.45, 7) is 4.22. The Labute approximate surface area is 217 Å². The number of nitrogens with one attached hydrogen (secondary N) is 2. The van der Waals surface area contributed by atoms with E-state index < -0.39 is 12.0 Å². The number of aliphatic carboxylic acids is 1. The molecule has 0 aromatic rings. The van der Waals surface area contributed by atoms with E-state index in [4.69, 9.17) is 9.47 Å². The first-order chi connectivity index (χ1) is 17.5. The van der Waals surface area contributed by atoms with Gasteiger partial charge < -0.3 is 30.0 Å². The summed E-state index contributed by atoms with van der Waals surface area (Å²) in [5.74, 6) is -1.67. The molecule has 0 saturated carbocycles. The Morgan fingerprint density at radius 1 is 0.750 bits per heavy atom. The Morgan fingerprint density at radius 2 is 1.31 bits per heavy atom. The molecule has 0 heterocycles. The smallest absolute Gasteiger partial charge is 0.326 e. The number of carbonyl (C=O) groups is 4. The molecule has 0 unspecified atom stereocenters. The first-order valence-corrected chi connectivity index (χ1v) is 13.9. The number of carboxylic acids is 1. The summed E-state index contributed by atoms with van der Waals surface area (Å²) >= 11 is 0. The molecule has 0 aliphatic carbocycles. The van der Waals surface area contributed by atoms with Crippen LogP contribution < -0.4 is 10.6 Å². The maximum Gasteiger partial charge on any atom is 0.326 e. The lowest BCUT2D eigenvalue weighted by Crippen LogP contribution is -2.41. The second kappa shape index (κ2) is 26.1. The van der Waals surface area contributed by atoms with Crippen LogP contribution in [0.5, 0.6) is 0 Å². The van der Waals surface area contributed by atoms with Gasteiger partial charge in [-0.05, 0) is 26.2 Å². The van der Waals surface area contributed by atoms with Crippen molar-refractivity contribution in [2.75, 3.05) is 33.0 Å². The van der Waals surface area contributed by atoms with Crippen molar-refractivity contribution >= 4 is 24.1 Å². The molecule has 0 spiro atoms. The van der Waals surface area contributed by atoms with Gasteiger partial charge in [-0.3, -0.25) is 9.59 Å². The van der Waals surface area contributed by atoms with E-state index in [1.807, 2.05) is 6.92 Å². The molecular weight excluding hydrogens is 464 g/mol. The van der Waals surface area contributed by atoms with Crippen molar-refractivity contribution < 1.29 is 33.8 Å². The van der Waals surface area contributed by atoms with Crippen molar-refractivity contribution in [1.82, 2.24) is 10.6 Å². The van der Waals surface area contributed by atoms with Gasteiger partial charge in [-0.25, -0.2) is 4.79 Å². The minimum atomic E-state index is -1.13. The van der Waals surface area contributed by atoms with Gasteiger partial charge in [0.25, 0.3) is 0 Å². The van der Waals surface area contributed by atoms with E-state index in [0.29, 0.717) is 45.8 Å². The van der Waals surface area contributed by atoms with E-state index in [1.54, 1.807) is 0 Å². The second-order valence-corrected chi connectivity index (χ2v) is 9.10. The van der Waals surface area contributed by atoms with Gasteiger partial charge in [-0.2, -0.15) is 0 Å². The van der Waals surface area contributed by atoms with Crippen LogP contribution in [0.4, 0.5) is 0 Å². The van der Waals surface area contributed by atoms with Crippen LogP contribution in [0.1, 0.15) is 110 Å². The number of rotatable bonds is 27. The molecule has 0 rings (SSSR count). The van der Waals surface area contributed by atoms with E-state index in [9.17, 15) is 24.3 Å². The Hall–Kier alpha value is -2.00. The molecule has 0 radical (unpaired) electrons. The zero-order valence-electron chi connectivity index (χ0n) is 22.4. The SMILES string of the molecule is CCOCCOCCNC(=O)CC[C@H](NC(=O)CCCCCCCCCCCCCCC=O)C(=O)O. The molecule has 0 saturated heterocycles. The summed E-state index contributed by atoms with van der Waals surface area (Å²) in [7, 11) is 0. The van der Waals surface area contributed by atoms with E-state index in [0.717, 1.165) is 44.8 Å². The lowest BCUT2D eigenvalue weighted by Gasteiger charge is -2.14. The van der Waals surface area contributed by atoms with Crippen LogP contribution in [-0.2, 0) is 28.7 Å². The fourth-order valence-corrected chi connectivity index (χ4v) is 3.80. The molecule has 210 valence electrons. The standard InChI is InChI=1S/C27H50N2O7/c1-2-35-22-23-36-21-19-28-25(31)18-17-24(27(33)34)29-26(32)16-14-12-10-8-6-4-3-5-7-9-11-13-15-20-30/h20,24H,2-19,21-23H2,1H3,(H,28,31)(H,29,32)(H,33,34)/t24-/m0/s1. The summed E-state index contributed by atoms with van der Waals surface area (Å²) in [6.07, 6.45) is 15.6. The fraction of sp³-hybridized carbons (Fsp3) is 0.852. The van der Waals surface area contributed by atoms with Crippen molar-refractivity contribution in [2.45, 2.75) is 116 Å². The number of ether oxygens (including phenoxy) is 2. The molecule has 9 nitrogen and oxygen atoms in total. The van der Waals surface area contributed by atoms with E-state index in [-0.39, 0.29) is 24.7 Å². The normalized spacial score (nSPS) is 11.7. The van der Waals surface area contributed by atoms with Gasteiger partial charge in [0.2, 0.25) is 11.8 Å². The molecule has 0 bridgehead atoms. The van der Waals surface area contributed by atoms with Crippen molar-refractivity contribution in [1.29, 1.82) is 0 Å². The summed E-state index contributed by atoms with van der Waals surface area (Å²) in [5, 5.41) is 14.6. The topological polar surface area (TPSA) is 131 Å². The zero-order chi connectivity index (χ0) is 26.7. The maximum atomic E-state index is 12.1. The first-order valence-electron chi connectivity index (χ1n) is 13.9. The Bertz CT molecular complexity index is 572. The lowest BCUT2D eigenvalue weighted by atomic mass is 10.0. The van der Waals surface area contributed by atoms with E-state index >= 15 is 0 Å². The van der Waals surface area contributed by atoms with Crippen LogP contribution in [0.25, 0.3) is 0 Å². The molecule has 9 heteroatoms. The number of hydrogen-bond acceptors (Lipinski definition) is 6. The third kappa shape index (κ3) is 23.7. The van der Waals surface area contributed by atoms with Crippen molar-refractivity contribution in [3.8, 4) is 0 Å². The lowest BCUT2D eigenvalue weighted by molar-refractivity contribution is -0.142. The summed E-state index contributed by atoms with van der Waals surface area (Å²) in [4.78, 5) is 45.7. The quantitative estimate of drug-likeness (QED) is 0.111. The zero-order valence-corrected chi connectivity index (χ0v) is 22.4. The summed E-state index contributed by atoms with van der Waals surface area (Å²) in [6, 6.07) is -1.06. The average molecular weight is 515 g/mol. The first kappa shape index (κ1) is 34.0. The highest BCUT2D eigenvalue weighted by Crippen LogP contribution is 2.13. The van der Waals surface area contributed by atoms with Crippen LogP contribution in [0, 0.1) is 0 Å². The van der Waals surface area contributed by atoms with Gasteiger partial charge in [0, 0.05) is 32.4 Å². The van der Waals surface area contributed by atoms with Crippen molar-refractivity contribution in [2.24, 2.45) is 0 Å². The number of carboxylic acid groups (broad SMARTS) is 1. The van der Waals surface area contributed by atoms with E-state index in [1.165, 1.54) is 38.5 Å². The van der Waals surface area contributed by atoms with Crippen LogP contribution in [0.15, 0.2) is 0 Å². The molecule has 3 N–H and O–H groups in total. The van der Waals surface area contributed by atoms with Crippen LogP contribution >= 0.6 is 0 Å². The van der Waals surface area contributed by atoms with Gasteiger partial charge >= 0.3 is 5.97 Å². The monoisotopic (exact) mass is 514 g/mol. The molecular formula is C27H50N2O7. The van der Waals surface area contributed by atoms with Crippen LogP contribution in [0.2, 0.25) is 0 Å². The van der Waals surface area contributed by atoms with Crippen molar-refractivity contribution in [3.05, 3.63) is 0 Å². The highest BCUT2D eigenvalue weighted by atomic mass is 16.5. The minimum Gasteiger partial charge on any atom is -0.480 e. The predicted octanol–water partition coefficient (Wildman–Crippen LogP) is 4.17. The largest absolute Gasteiger partial charge is 0.480 e. The molecule has 0 aromatic heterocycles. The predicted molar refractivity (Wildman–Crippen MR) is 140 cm³/mol. The van der Waals surface area contributed by atoms with Gasteiger partial charge in [0.15, 0.2) is 0 Å².